The Balaban J connectivity index is 1.85. The minimum absolute atomic E-state index is 0.00211. The molecule has 3 rings (SSSR count). The first-order chi connectivity index (χ1) is 13.1. The molecule has 2 aromatic rings. The lowest BCUT2D eigenvalue weighted by atomic mass is 10.1. The average molecular weight is 415 g/mol. The van der Waals surface area contributed by atoms with E-state index in [0.29, 0.717) is 11.3 Å². The first-order valence-electron chi connectivity index (χ1n) is 8.46. The molecule has 7 N–H and O–H groups in total. The van der Waals surface area contributed by atoms with E-state index in [9.17, 15) is 24.6 Å². The standard InChI is InChI=1S/C15H21N5O7S/c1-4(2)6(16)13(24)26-3-5-7(21)8(22)12(27-5)20-10-9(28-15(20)25)11(23)19-14(17)18-10/h4-8,12,21-22H,3,16H2,1-2H3,(H3,17,18,19,23)/t5-,6+,7-,8?,12-/m1/s1. The molecule has 0 bridgehead atoms. The summed E-state index contributed by atoms with van der Waals surface area (Å²) in [5.74, 6) is -1.04. The summed E-state index contributed by atoms with van der Waals surface area (Å²) in [5, 5.41) is 20.6. The summed E-state index contributed by atoms with van der Waals surface area (Å²) in [7, 11) is 0. The number of aromatic nitrogens is 3. The van der Waals surface area contributed by atoms with Crippen molar-refractivity contribution in [2.45, 2.75) is 44.4 Å². The number of fused-ring (bicyclic) bond motifs is 1. The van der Waals surface area contributed by atoms with E-state index in [-0.39, 0.29) is 28.8 Å². The van der Waals surface area contributed by atoms with E-state index in [4.69, 9.17) is 20.9 Å². The molecule has 0 amide bonds. The fourth-order valence-electron chi connectivity index (χ4n) is 2.78. The van der Waals surface area contributed by atoms with Gasteiger partial charge in [0.15, 0.2) is 11.9 Å². The predicted molar refractivity (Wildman–Crippen MR) is 98.6 cm³/mol. The number of thiazole rings is 1. The molecule has 5 atom stereocenters. The Morgan fingerprint density at radius 2 is 2.07 bits per heavy atom. The van der Waals surface area contributed by atoms with Crippen LogP contribution in [0.1, 0.15) is 20.1 Å². The number of aliphatic hydroxyl groups is 2. The van der Waals surface area contributed by atoms with Crippen LogP contribution < -0.4 is 21.9 Å². The monoisotopic (exact) mass is 415 g/mol. The Hall–Kier alpha value is -2.32. The number of esters is 1. The number of carbonyl (C=O) groups is 1. The van der Waals surface area contributed by atoms with Crippen molar-refractivity contribution in [2.75, 3.05) is 12.3 Å². The van der Waals surface area contributed by atoms with Gasteiger partial charge in [-0.3, -0.25) is 23.9 Å². The van der Waals surface area contributed by atoms with Gasteiger partial charge in [-0.1, -0.05) is 25.2 Å². The number of hydrogen-bond acceptors (Lipinski definition) is 11. The first-order valence-corrected chi connectivity index (χ1v) is 9.28. The van der Waals surface area contributed by atoms with Gasteiger partial charge in [-0.05, 0) is 5.92 Å². The largest absolute Gasteiger partial charge is 0.462 e. The zero-order valence-electron chi connectivity index (χ0n) is 15.1. The highest BCUT2D eigenvalue weighted by atomic mass is 32.1. The van der Waals surface area contributed by atoms with Crippen molar-refractivity contribution in [3.8, 4) is 0 Å². The second-order valence-corrected chi connectivity index (χ2v) is 7.75. The number of nitrogens with zero attached hydrogens (tertiary/aromatic N) is 2. The summed E-state index contributed by atoms with van der Waals surface area (Å²) < 4.78 is 11.5. The molecule has 12 nitrogen and oxygen atoms in total. The van der Waals surface area contributed by atoms with Crippen LogP contribution >= 0.6 is 11.3 Å². The number of nitrogen functional groups attached to an aromatic ring is 1. The number of nitrogens with two attached hydrogens (primary N) is 2. The van der Waals surface area contributed by atoms with E-state index in [2.05, 4.69) is 9.97 Å². The molecular formula is C15H21N5O7S. The third-order valence-corrected chi connectivity index (χ3v) is 5.41. The van der Waals surface area contributed by atoms with Gasteiger partial charge in [0.1, 0.15) is 35.7 Å². The molecule has 1 aliphatic heterocycles. The maximum atomic E-state index is 12.4. The van der Waals surface area contributed by atoms with E-state index < -0.39 is 47.0 Å². The Bertz CT molecular complexity index is 999. The minimum Gasteiger partial charge on any atom is -0.462 e. The van der Waals surface area contributed by atoms with Gasteiger partial charge in [0, 0.05) is 0 Å². The molecule has 154 valence electrons. The molecule has 28 heavy (non-hydrogen) atoms. The molecule has 13 heteroatoms. The van der Waals surface area contributed by atoms with Crippen molar-refractivity contribution in [1.29, 1.82) is 0 Å². The van der Waals surface area contributed by atoms with Crippen LogP contribution in [0.4, 0.5) is 5.95 Å². The zero-order valence-corrected chi connectivity index (χ0v) is 15.9. The topological polar surface area (TPSA) is 196 Å². The quantitative estimate of drug-likeness (QED) is 0.337. The maximum Gasteiger partial charge on any atom is 0.323 e. The molecule has 1 aliphatic rings. The lowest BCUT2D eigenvalue weighted by molar-refractivity contribution is -0.152. The molecule has 1 unspecified atom stereocenters. The predicted octanol–water partition coefficient (Wildman–Crippen LogP) is -2.13. The van der Waals surface area contributed by atoms with E-state index in [1.165, 1.54) is 0 Å². The fourth-order valence-corrected chi connectivity index (χ4v) is 3.63. The summed E-state index contributed by atoms with van der Waals surface area (Å²) in [6.07, 6.45) is -5.42. The van der Waals surface area contributed by atoms with Gasteiger partial charge >= 0.3 is 10.8 Å². The minimum atomic E-state index is -1.53. The van der Waals surface area contributed by atoms with E-state index in [0.717, 1.165) is 4.57 Å². The fraction of sp³-hybridized carbons (Fsp3) is 0.600. The van der Waals surface area contributed by atoms with Crippen LogP contribution in [0.5, 0.6) is 0 Å². The lowest BCUT2D eigenvalue weighted by Crippen LogP contribution is -2.40. The normalized spacial score (nSPS) is 26.1. The van der Waals surface area contributed by atoms with Gasteiger partial charge in [0.2, 0.25) is 5.95 Å². The van der Waals surface area contributed by atoms with Crippen LogP contribution in [0.3, 0.4) is 0 Å². The summed E-state index contributed by atoms with van der Waals surface area (Å²) in [5.41, 5.74) is 10.5. The third kappa shape index (κ3) is 3.54. The highest BCUT2D eigenvalue weighted by Gasteiger charge is 2.46. The van der Waals surface area contributed by atoms with Gasteiger partial charge < -0.3 is 31.2 Å². The molecule has 3 heterocycles. The SMILES string of the molecule is CC(C)[C@H](N)C(=O)OC[C@H]1O[C@@H](n2c(=O)sc3c(=O)[nH]c(N)nc32)C(O)[C@@H]1O. The van der Waals surface area contributed by atoms with E-state index in [1.54, 1.807) is 13.8 Å². The van der Waals surface area contributed by atoms with Crippen LogP contribution in [0.15, 0.2) is 9.59 Å². The molecule has 0 saturated carbocycles. The molecular weight excluding hydrogens is 394 g/mol. The summed E-state index contributed by atoms with van der Waals surface area (Å²) in [6.45, 7) is 3.13. The van der Waals surface area contributed by atoms with E-state index in [1.807, 2.05) is 0 Å². The van der Waals surface area contributed by atoms with Crippen molar-refractivity contribution in [3.63, 3.8) is 0 Å². The lowest BCUT2D eigenvalue weighted by Gasteiger charge is -2.18. The number of ether oxygens (including phenoxy) is 2. The number of hydrogen-bond donors (Lipinski definition) is 5. The van der Waals surface area contributed by atoms with Crippen molar-refractivity contribution in [1.82, 2.24) is 14.5 Å². The Morgan fingerprint density at radius 1 is 1.39 bits per heavy atom. The number of aliphatic hydroxyl groups excluding tert-OH is 2. The molecule has 0 radical (unpaired) electrons. The second kappa shape index (κ2) is 7.60. The molecule has 1 fully saturated rings. The molecule has 0 spiro atoms. The Kier molecular flexibility index (Phi) is 5.54. The first kappa shape index (κ1) is 20.4. The summed E-state index contributed by atoms with van der Waals surface area (Å²) in [6, 6.07) is -0.846. The highest BCUT2D eigenvalue weighted by Crippen LogP contribution is 2.31. The second-order valence-electron chi connectivity index (χ2n) is 6.79. The van der Waals surface area contributed by atoms with Gasteiger partial charge in [-0.15, -0.1) is 0 Å². The van der Waals surface area contributed by atoms with Crippen molar-refractivity contribution >= 4 is 33.6 Å². The van der Waals surface area contributed by atoms with E-state index >= 15 is 0 Å². The van der Waals surface area contributed by atoms with Crippen LogP contribution in [0.2, 0.25) is 0 Å². The average Bonchev–Trinajstić information content (AvgIpc) is 3.09. The summed E-state index contributed by atoms with van der Waals surface area (Å²) >= 11 is 0.602. The third-order valence-electron chi connectivity index (χ3n) is 4.46. The number of H-pyrrole nitrogens is 1. The van der Waals surface area contributed by atoms with Gasteiger partial charge in [-0.25, -0.2) is 0 Å². The highest BCUT2D eigenvalue weighted by molar-refractivity contribution is 7.16. The maximum absolute atomic E-state index is 12.4. The molecule has 1 saturated heterocycles. The smallest absolute Gasteiger partial charge is 0.323 e. The number of aromatic amines is 1. The molecule has 2 aromatic heterocycles. The van der Waals surface area contributed by atoms with Crippen LogP contribution in [0.25, 0.3) is 10.3 Å². The number of rotatable bonds is 5. The van der Waals surface area contributed by atoms with Crippen molar-refractivity contribution < 1.29 is 24.5 Å². The number of anilines is 1. The van der Waals surface area contributed by atoms with Crippen LogP contribution in [-0.2, 0) is 14.3 Å². The zero-order chi connectivity index (χ0) is 20.7. The van der Waals surface area contributed by atoms with Gasteiger partial charge in [0.25, 0.3) is 5.56 Å². The number of nitrogens with one attached hydrogen (secondary N) is 1. The van der Waals surface area contributed by atoms with Gasteiger partial charge in [-0.2, -0.15) is 4.98 Å². The van der Waals surface area contributed by atoms with Crippen LogP contribution in [-0.4, -0.2) is 61.7 Å². The van der Waals surface area contributed by atoms with Gasteiger partial charge in [0.05, 0.1) is 0 Å². The van der Waals surface area contributed by atoms with Crippen molar-refractivity contribution in [3.05, 3.63) is 20.0 Å². The van der Waals surface area contributed by atoms with Crippen molar-refractivity contribution in [2.24, 2.45) is 11.7 Å². The summed E-state index contributed by atoms with van der Waals surface area (Å²) in [4.78, 5) is 41.7. The number of carbonyl (C=O) groups excluding carboxylic acids is 1. The molecule has 0 aromatic carbocycles. The van der Waals surface area contributed by atoms with Crippen LogP contribution in [0, 0.1) is 5.92 Å². The Morgan fingerprint density at radius 3 is 2.71 bits per heavy atom. The molecule has 0 aliphatic carbocycles. The Labute approximate surface area is 161 Å².